The van der Waals surface area contributed by atoms with E-state index in [1.807, 2.05) is 0 Å². The Balaban J connectivity index is 0. The first-order chi connectivity index (χ1) is 8.07. The van der Waals surface area contributed by atoms with Crippen molar-refractivity contribution in [3.05, 3.63) is 24.3 Å². The Labute approximate surface area is 109 Å². The number of carboxylic acids is 2. The van der Waals surface area contributed by atoms with Crippen LogP contribution in [0.15, 0.2) is 24.3 Å². The van der Waals surface area contributed by atoms with Gasteiger partial charge in [-0.15, -0.1) is 0 Å². The molecule has 0 fully saturated rings. The van der Waals surface area contributed by atoms with Gasteiger partial charge in [-0.3, -0.25) is 0 Å². The second-order valence-electron chi connectivity index (χ2n) is 5.04. The number of carbonyl (C=O) groups is 2. The lowest BCUT2D eigenvalue weighted by molar-refractivity contribution is -0.133. The van der Waals surface area contributed by atoms with Crippen LogP contribution in [0.1, 0.15) is 47.0 Å². The highest BCUT2D eigenvalue weighted by atomic mass is 16.4. The van der Waals surface area contributed by atoms with Gasteiger partial charge in [0.05, 0.1) is 0 Å². The summed E-state index contributed by atoms with van der Waals surface area (Å²) in [6.45, 7) is 14.7. The van der Waals surface area contributed by atoms with Crippen molar-refractivity contribution in [2.24, 2.45) is 5.41 Å². The zero-order chi connectivity index (χ0) is 14.9. The fraction of sp³-hybridized carbons (Fsp3) is 0.571. The largest absolute Gasteiger partial charge is 0.478 e. The number of rotatable bonds is 6. The van der Waals surface area contributed by atoms with Crippen molar-refractivity contribution in [1.82, 2.24) is 0 Å². The van der Waals surface area contributed by atoms with Gasteiger partial charge in [0, 0.05) is 11.1 Å². The van der Waals surface area contributed by atoms with Crippen molar-refractivity contribution < 1.29 is 19.8 Å². The maximum absolute atomic E-state index is 10.6. The number of hydrogen-bond donors (Lipinski definition) is 2. The molecule has 0 saturated heterocycles. The zero-order valence-corrected chi connectivity index (χ0v) is 11.7. The Kier molecular flexibility index (Phi) is 8.87. The quantitative estimate of drug-likeness (QED) is 0.713. The lowest BCUT2D eigenvalue weighted by atomic mass is 9.80. The molecule has 0 bridgehead atoms. The molecule has 0 spiro atoms. The van der Waals surface area contributed by atoms with Crippen molar-refractivity contribution in [2.45, 2.75) is 47.0 Å². The lowest BCUT2D eigenvalue weighted by Crippen LogP contribution is -2.18. The smallest absolute Gasteiger partial charge is 0.330 e. The van der Waals surface area contributed by atoms with Crippen LogP contribution in [0.25, 0.3) is 0 Å². The third-order valence-corrected chi connectivity index (χ3v) is 1.99. The van der Waals surface area contributed by atoms with E-state index in [0.717, 1.165) is 0 Å². The van der Waals surface area contributed by atoms with Crippen LogP contribution in [-0.4, -0.2) is 22.2 Å². The molecule has 0 unspecified atom stereocenters. The minimum absolute atomic E-state index is 0.0817. The second-order valence-corrected chi connectivity index (χ2v) is 5.04. The SMILES string of the molecule is C=C(CC(C)(C)CC(=C)C(=O)O)C(=O)O.CCC. The topological polar surface area (TPSA) is 74.6 Å². The highest BCUT2D eigenvalue weighted by molar-refractivity contribution is 5.87. The molecule has 0 aromatic heterocycles. The van der Waals surface area contributed by atoms with Gasteiger partial charge in [0.1, 0.15) is 0 Å². The predicted molar refractivity (Wildman–Crippen MR) is 72.5 cm³/mol. The molecule has 0 aliphatic carbocycles. The van der Waals surface area contributed by atoms with Gasteiger partial charge in [0.25, 0.3) is 0 Å². The summed E-state index contributed by atoms with van der Waals surface area (Å²) in [6, 6.07) is 0. The molecule has 18 heavy (non-hydrogen) atoms. The van der Waals surface area contributed by atoms with Crippen LogP contribution < -0.4 is 0 Å². The summed E-state index contributed by atoms with van der Waals surface area (Å²) in [5.41, 5.74) is -0.290. The molecular formula is C14H24O4. The summed E-state index contributed by atoms with van der Waals surface area (Å²) in [7, 11) is 0. The molecule has 0 aliphatic rings. The van der Waals surface area contributed by atoms with Gasteiger partial charge in [0.2, 0.25) is 0 Å². The fourth-order valence-electron chi connectivity index (χ4n) is 1.37. The molecule has 0 aliphatic heterocycles. The van der Waals surface area contributed by atoms with E-state index in [1.165, 1.54) is 6.42 Å². The maximum atomic E-state index is 10.6. The normalized spacial score (nSPS) is 10.0. The highest BCUT2D eigenvalue weighted by Crippen LogP contribution is 2.31. The van der Waals surface area contributed by atoms with Gasteiger partial charge in [-0.25, -0.2) is 9.59 Å². The van der Waals surface area contributed by atoms with Crippen LogP contribution >= 0.6 is 0 Å². The van der Waals surface area contributed by atoms with Gasteiger partial charge in [-0.1, -0.05) is 47.3 Å². The van der Waals surface area contributed by atoms with E-state index in [1.54, 1.807) is 13.8 Å². The Morgan fingerprint density at radius 2 is 1.17 bits per heavy atom. The van der Waals surface area contributed by atoms with Gasteiger partial charge >= 0.3 is 11.9 Å². The minimum Gasteiger partial charge on any atom is -0.478 e. The summed E-state index contributed by atoms with van der Waals surface area (Å²) in [6.07, 6.45) is 1.74. The summed E-state index contributed by atoms with van der Waals surface area (Å²) < 4.78 is 0. The van der Waals surface area contributed by atoms with Gasteiger partial charge < -0.3 is 10.2 Å². The molecule has 0 atom stereocenters. The van der Waals surface area contributed by atoms with Crippen LogP contribution in [0.5, 0.6) is 0 Å². The Hall–Kier alpha value is -1.58. The maximum Gasteiger partial charge on any atom is 0.330 e. The molecule has 4 heteroatoms. The Bertz CT molecular complexity index is 297. The number of aliphatic carboxylic acids is 2. The van der Waals surface area contributed by atoms with Crippen LogP contribution in [0.3, 0.4) is 0 Å². The molecule has 0 saturated carbocycles. The van der Waals surface area contributed by atoms with E-state index < -0.39 is 17.4 Å². The third kappa shape index (κ3) is 9.63. The van der Waals surface area contributed by atoms with Crippen molar-refractivity contribution >= 4 is 11.9 Å². The molecule has 4 nitrogen and oxygen atoms in total. The van der Waals surface area contributed by atoms with Gasteiger partial charge in [-0.2, -0.15) is 0 Å². The van der Waals surface area contributed by atoms with Crippen molar-refractivity contribution in [3.63, 3.8) is 0 Å². The molecular weight excluding hydrogens is 232 g/mol. The van der Waals surface area contributed by atoms with Crippen LogP contribution in [0.4, 0.5) is 0 Å². The molecule has 2 N–H and O–H groups in total. The molecule has 0 amide bonds. The first-order valence-electron chi connectivity index (χ1n) is 5.89. The first-order valence-corrected chi connectivity index (χ1v) is 5.89. The number of hydrogen-bond acceptors (Lipinski definition) is 2. The molecule has 0 aromatic carbocycles. The van der Waals surface area contributed by atoms with Crippen molar-refractivity contribution in [3.8, 4) is 0 Å². The van der Waals surface area contributed by atoms with E-state index in [9.17, 15) is 9.59 Å². The summed E-state index contributed by atoms with van der Waals surface area (Å²) in [4.78, 5) is 21.1. The van der Waals surface area contributed by atoms with Crippen LogP contribution in [0, 0.1) is 5.41 Å². The standard InChI is InChI=1S/C11H16O4.C3H8/c1-7(9(12)13)5-11(3,4)6-8(2)10(14)15;1-3-2/h1-2,5-6H2,3-4H3,(H,12,13)(H,14,15);3H2,1-2H3. The molecule has 104 valence electrons. The van der Waals surface area contributed by atoms with Crippen molar-refractivity contribution in [2.75, 3.05) is 0 Å². The van der Waals surface area contributed by atoms with Gasteiger partial charge in [-0.05, 0) is 18.3 Å². The first kappa shape index (κ1) is 18.8. The van der Waals surface area contributed by atoms with E-state index in [4.69, 9.17) is 10.2 Å². The van der Waals surface area contributed by atoms with E-state index in [-0.39, 0.29) is 24.0 Å². The highest BCUT2D eigenvalue weighted by Gasteiger charge is 2.24. The van der Waals surface area contributed by atoms with E-state index in [0.29, 0.717) is 0 Å². The second kappa shape index (κ2) is 8.50. The van der Waals surface area contributed by atoms with Crippen LogP contribution in [0.2, 0.25) is 0 Å². The average molecular weight is 256 g/mol. The molecule has 0 heterocycles. The summed E-state index contributed by atoms with van der Waals surface area (Å²) in [5.74, 6) is -2.10. The fourth-order valence-corrected chi connectivity index (χ4v) is 1.37. The van der Waals surface area contributed by atoms with E-state index in [2.05, 4.69) is 27.0 Å². The molecule has 0 radical (unpaired) electrons. The van der Waals surface area contributed by atoms with E-state index >= 15 is 0 Å². The zero-order valence-electron chi connectivity index (χ0n) is 11.7. The Morgan fingerprint density at radius 3 is 1.33 bits per heavy atom. The molecule has 0 rings (SSSR count). The average Bonchev–Trinajstić information content (AvgIpc) is 2.16. The molecule has 0 aromatic rings. The predicted octanol–water partition coefficient (Wildman–Crippen LogP) is 3.49. The third-order valence-electron chi connectivity index (χ3n) is 1.99. The Morgan fingerprint density at radius 1 is 0.944 bits per heavy atom. The van der Waals surface area contributed by atoms with Crippen molar-refractivity contribution in [1.29, 1.82) is 0 Å². The summed E-state index contributed by atoms with van der Waals surface area (Å²) in [5, 5.41) is 17.3. The lowest BCUT2D eigenvalue weighted by Gasteiger charge is -2.24. The van der Waals surface area contributed by atoms with Gasteiger partial charge in [0.15, 0.2) is 0 Å². The summed E-state index contributed by atoms with van der Waals surface area (Å²) >= 11 is 0. The number of carboxylic acid groups (broad SMARTS) is 2. The minimum atomic E-state index is -1.05. The monoisotopic (exact) mass is 256 g/mol. The van der Waals surface area contributed by atoms with Crippen LogP contribution in [-0.2, 0) is 9.59 Å².